The summed E-state index contributed by atoms with van der Waals surface area (Å²) in [7, 11) is 0. The number of thioether (sulfide) groups is 1. The van der Waals surface area contributed by atoms with E-state index in [1.807, 2.05) is 13.8 Å². The van der Waals surface area contributed by atoms with Crippen molar-refractivity contribution in [3.05, 3.63) is 0 Å². The first-order chi connectivity index (χ1) is 8.70. The molecule has 1 fully saturated rings. The van der Waals surface area contributed by atoms with Crippen LogP contribution in [0.15, 0.2) is 0 Å². The summed E-state index contributed by atoms with van der Waals surface area (Å²) in [6.45, 7) is 7.17. The quantitative estimate of drug-likeness (QED) is 0.720. The van der Waals surface area contributed by atoms with Crippen LogP contribution in [0.3, 0.4) is 0 Å². The Bertz CT molecular complexity index is 384. The van der Waals surface area contributed by atoms with Crippen molar-refractivity contribution in [1.82, 2.24) is 10.2 Å². The number of nitrogens with zero attached hydrogens (tertiary/aromatic N) is 1. The molecule has 2 amide bonds. The topological polar surface area (TPSA) is 86.7 Å². The third-order valence-electron chi connectivity index (χ3n) is 3.20. The van der Waals surface area contributed by atoms with E-state index in [1.165, 1.54) is 16.7 Å². The second kappa shape index (κ2) is 5.81. The van der Waals surface area contributed by atoms with Gasteiger partial charge in [-0.3, -0.25) is 9.59 Å². The smallest absolute Gasteiger partial charge is 0.326 e. The molecular weight excluding hydrogens is 268 g/mol. The number of carbonyl (C=O) groups is 3. The standard InChI is InChI=1S/C12H20N2O4S/c1-7(2)9(11(17)18)13-10(16)8-5-19-12(3,4)14(8)6-15/h6-9H,5H2,1-4H3,(H,13,16)(H,17,18)/t8-,9-/m1/s1. The largest absolute Gasteiger partial charge is 0.480 e. The van der Waals surface area contributed by atoms with Crippen LogP contribution in [-0.2, 0) is 14.4 Å². The first kappa shape index (κ1) is 15.8. The Morgan fingerprint density at radius 2 is 2.05 bits per heavy atom. The van der Waals surface area contributed by atoms with Crippen molar-refractivity contribution in [3.63, 3.8) is 0 Å². The number of carboxylic acid groups (broad SMARTS) is 1. The Balaban J connectivity index is 2.78. The van der Waals surface area contributed by atoms with Gasteiger partial charge >= 0.3 is 5.97 Å². The van der Waals surface area contributed by atoms with Crippen molar-refractivity contribution in [2.45, 2.75) is 44.6 Å². The second-order valence-corrected chi connectivity index (χ2v) is 6.98. The molecule has 6 nitrogen and oxygen atoms in total. The van der Waals surface area contributed by atoms with Crippen LogP contribution in [-0.4, -0.2) is 51.0 Å². The van der Waals surface area contributed by atoms with Gasteiger partial charge in [0.2, 0.25) is 12.3 Å². The molecule has 0 aromatic carbocycles. The molecule has 0 aromatic rings. The summed E-state index contributed by atoms with van der Waals surface area (Å²) < 4.78 is 0. The van der Waals surface area contributed by atoms with E-state index in [1.54, 1.807) is 13.8 Å². The Hall–Kier alpha value is -1.24. The first-order valence-corrected chi connectivity index (χ1v) is 7.10. The molecule has 1 saturated heterocycles. The predicted molar refractivity (Wildman–Crippen MR) is 72.6 cm³/mol. The lowest BCUT2D eigenvalue weighted by Gasteiger charge is -2.31. The first-order valence-electron chi connectivity index (χ1n) is 6.11. The van der Waals surface area contributed by atoms with E-state index >= 15 is 0 Å². The molecule has 0 unspecified atom stereocenters. The number of amides is 2. The normalized spacial score (nSPS) is 23.2. The van der Waals surface area contributed by atoms with Gasteiger partial charge in [0.05, 0.1) is 4.87 Å². The molecule has 1 rings (SSSR count). The van der Waals surface area contributed by atoms with Gasteiger partial charge in [-0.15, -0.1) is 11.8 Å². The van der Waals surface area contributed by atoms with Crippen LogP contribution in [0.5, 0.6) is 0 Å². The van der Waals surface area contributed by atoms with Crippen LogP contribution < -0.4 is 5.32 Å². The van der Waals surface area contributed by atoms with Gasteiger partial charge in [0.25, 0.3) is 0 Å². The van der Waals surface area contributed by atoms with E-state index < -0.39 is 28.8 Å². The highest BCUT2D eigenvalue weighted by Gasteiger charge is 2.43. The number of carboxylic acids is 1. The molecule has 1 heterocycles. The van der Waals surface area contributed by atoms with Crippen molar-refractivity contribution >= 4 is 30.0 Å². The number of hydrogen-bond acceptors (Lipinski definition) is 4. The predicted octanol–water partition coefficient (Wildman–Crippen LogP) is 0.522. The van der Waals surface area contributed by atoms with Crippen LogP contribution in [0.1, 0.15) is 27.7 Å². The van der Waals surface area contributed by atoms with Gasteiger partial charge in [-0.25, -0.2) is 4.79 Å². The highest BCUT2D eigenvalue weighted by molar-refractivity contribution is 8.00. The van der Waals surface area contributed by atoms with Crippen molar-refractivity contribution in [1.29, 1.82) is 0 Å². The number of carbonyl (C=O) groups excluding carboxylic acids is 2. The molecule has 1 aliphatic rings. The zero-order valence-corrected chi connectivity index (χ0v) is 12.4. The van der Waals surface area contributed by atoms with Gasteiger partial charge in [-0.2, -0.15) is 0 Å². The van der Waals surface area contributed by atoms with Gasteiger partial charge in [0, 0.05) is 5.75 Å². The molecule has 0 aromatic heterocycles. The Kier molecular flexibility index (Phi) is 4.84. The van der Waals surface area contributed by atoms with Crippen LogP contribution in [0.2, 0.25) is 0 Å². The summed E-state index contributed by atoms with van der Waals surface area (Å²) in [6, 6.07) is -1.55. The minimum atomic E-state index is -1.06. The minimum Gasteiger partial charge on any atom is -0.480 e. The maximum atomic E-state index is 12.1. The summed E-state index contributed by atoms with van der Waals surface area (Å²) in [6.07, 6.45) is 0.648. The van der Waals surface area contributed by atoms with Gasteiger partial charge in [0.15, 0.2) is 0 Å². The molecule has 2 N–H and O–H groups in total. The summed E-state index contributed by atoms with van der Waals surface area (Å²) in [4.78, 5) is 35.3. The van der Waals surface area contributed by atoms with E-state index in [2.05, 4.69) is 5.32 Å². The van der Waals surface area contributed by atoms with E-state index in [-0.39, 0.29) is 5.92 Å². The maximum Gasteiger partial charge on any atom is 0.326 e. The van der Waals surface area contributed by atoms with Gasteiger partial charge in [0.1, 0.15) is 12.1 Å². The van der Waals surface area contributed by atoms with Crippen LogP contribution >= 0.6 is 11.8 Å². The fourth-order valence-electron chi connectivity index (χ4n) is 1.98. The Morgan fingerprint density at radius 1 is 1.47 bits per heavy atom. The van der Waals surface area contributed by atoms with Crippen molar-refractivity contribution < 1.29 is 19.5 Å². The SMILES string of the molecule is CC(C)[C@@H](NC(=O)[C@H]1CSC(C)(C)N1C=O)C(=O)O. The highest BCUT2D eigenvalue weighted by atomic mass is 32.2. The molecule has 0 radical (unpaired) electrons. The number of aliphatic carboxylic acids is 1. The fourth-order valence-corrected chi connectivity index (χ4v) is 3.18. The fraction of sp³-hybridized carbons (Fsp3) is 0.750. The highest BCUT2D eigenvalue weighted by Crippen LogP contribution is 2.37. The summed E-state index contributed by atoms with van der Waals surface area (Å²) in [5, 5.41) is 11.6. The van der Waals surface area contributed by atoms with E-state index in [4.69, 9.17) is 5.11 Å². The lowest BCUT2D eigenvalue weighted by molar-refractivity contribution is -0.144. The molecule has 19 heavy (non-hydrogen) atoms. The molecule has 0 aliphatic carbocycles. The summed E-state index contributed by atoms with van der Waals surface area (Å²) in [5.74, 6) is -1.22. The zero-order chi connectivity index (χ0) is 14.8. The average Bonchev–Trinajstić information content (AvgIpc) is 2.59. The van der Waals surface area contributed by atoms with Gasteiger partial charge in [-0.05, 0) is 19.8 Å². The molecule has 1 aliphatic heterocycles. The molecule has 108 valence electrons. The molecule has 0 bridgehead atoms. The third-order valence-corrected chi connectivity index (χ3v) is 4.60. The Morgan fingerprint density at radius 3 is 2.47 bits per heavy atom. The number of nitrogens with one attached hydrogen (secondary N) is 1. The van der Waals surface area contributed by atoms with Crippen molar-refractivity contribution in [2.24, 2.45) is 5.92 Å². The van der Waals surface area contributed by atoms with E-state index in [9.17, 15) is 14.4 Å². The van der Waals surface area contributed by atoms with Crippen LogP contribution in [0, 0.1) is 5.92 Å². The van der Waals surface area contributed by atoms with Crippen LogP contribution in [0.25, 0.3) is 0 Å². The number of rotatable bonds is 5. The molecule has 2 atom stereocenters. The van der Waals surface area contributed by atoms with E-state index in [0.29, 0.717) is 12.2 Å². The molecule has 0 saturated carbocycles. The maximum absolute atomic E-state index is 12.1. The lowest BCUT2D eigenvalue weighted by atomic mass is 10.0. The molecular formula is C12H20N2O4S. The summed E-state index contributed by atoms with van der Waals surface area (Å²) >= 11 is 1.50. The van der Waals surface area contributed by atoms with Crippen LogP contribution in [0.4, 0.5) is 0 Å². The second-order valence-electron chi connectivity index (χ2n) is 5.35. The van der Waals surface area contributed by atoms with Crippen molar-refractivity contribution in [3.8, 4) is 0 Å². The third kappa shape index (κ3) is 3.40. The average molecular weight is 288 g/mol. The van der Waals surface area contributed by atoms with Gasteiger partial charge < -0.3 is 15.3 Å². The zero-order valence-electron chi connectivity index (χ0n) is 11.5. The van der Waals surface area contributed by atoms with Gasteiger partial charge in [-0.1, -0.05) is 13.8 Å². The monoisotopic (exact) mass is 288 g/mol. The molecule has 0 spiro atoms. The van der Waals surface area contributed by atoms with Crippen molar-refractivity contribution in [2.75, 3.05) is 5.75 Å². The molecule has 7 heteroatoms. The Labute approximate surface area is 116 Å². The summed E-state index contributed by atoms with van der Waals surface area (Å²) in [5.41, 5.74) is 0. The number of hydrogen-bond donors (Lipinski definition) is 2. The van der Waals surface area contributed by atoms with E-state index in [0.717, 1.165) is 0 Å². The minimum absolute atomic E-state index is 0.215. The lowest BCUT2D eigenvalue weighted by Crippen LogP contribution is -2.54.